The van der Waals surface area contributed by atoms with Gasteiger partial charge in [-0.2, -0.15) is 0 Å². The Bertz CT molecular complexity index is 569. The van der Waals surface area contributed by atoms with Gasteiger partial charge in [0.25, 0.3) is 0 Å². The molecule has 0 rings (SSSR count). The van der Waals surface area contributed by atoms with Gasteiger partial charge in [0.15, 0.2) is 0 Å². The van der Waals surface area contributed by atoms with Crippen molar-refractivity contribution in [1.82, 2.24) is 16.0 Å². The second-order valence-corrected chi connectivity index (χ2v) is 7.42. The molecule has 0 aliphatic rings. The number of aliphatic hydroxyl groups is 1. The lowest BCUT2D eigenvalue weighted by atomic mass is 10.0. The van der Waals surface area contributed by atoms with Crippen molar-refractivity contribution >= 4 is 23.7 Å². The van der Waals surface area contributed by atoms with E-state index in [2.05, 4.69) is 16.0 Å². The number of carbonyl (C=O) groups excluding carboxylic acids is 3. The van der Waals surface area contributed by atoms with Gasteiger partial charge in [-0.05, 0) is 39.2 Å². The first-order valence-electron chi connectivity index (χ1n) is 9.69. The van der Waals surface area contributed by atoms with Crippen LogP contribution >= 0.6 is 0 Å². The van der Waals surface area contributed by atoms with Crippen LogP contribution < -0.4 is 27.4 Å². The molecule has 0 heterocycles. The molecule has 0 bridgehead atoms. The third-order valence-corrected chi connectivity index (χ3v) is 4.35. The van der Waals surface area contributed by atoms with Crippen LogP contribution in [0.15, 0.2) is 0 Å². The fraction of sp³-hybridized carbons (Fsp3) is 0.778. The Morgan fingerprint density at radius 3 is 1.86 bits per heavy atom. The predicted molar refractivity (Wildman–Crippen MR) is 107 cm³/mol. The van der Waals surface area contributed by atoms with Crippen molar-refractivity contribution in [2.45, 2.75) is 77.2 Å². The number of carboxylic acids is 1. The molecule has 0 aromatic heterocycles. The van der Waals surface area contributed by atoms with Crippen LogP contribution in [0.1, 0.15) is 47.0 Å². The van der Waals surface area contributed by atoms with Crippen molar-refractivity contribution in [3.63, 3.8) is 0 Å². The second kappa shape index (κ2) is 13.1. The van der Waals surface area contributed by atoms with Gasteiger partial charge in [-0.1, -0.05) is 20.3 Å². The van der Waals surface area contributed by atoms with Gasteiger partial charge in [0.2, 0.25) is 17.7 Å². The van der Waals surface area contributed by atoms with E-state index in [1.807, 2.05) is 0 Å². The van der Waals surface area contributed by atoms with Crippen molar-refractivity contribution in [1.29, 1.82) is 0 Å². The number of hydrogen-bond acceptors (Lipinski definition) is 7. The predicted octanol–water partition coefficient (Wildman–Crippen LogP) is -1.96. The summed E-state index contributed by atoms with van der Waals surface area (Å²) in [7, 11) is 0. The normalized spacial score (nSPS) is 16.3. The second-order valence-electron chi connectivity index (χ2n) is 7.42. The summed E-state index contributed by atoms with van der Waals surface area (Å²) in [6.07, 6.45) is 0.538. The number of carboxylic acid groups (broad SMARTS) is 1. The lowest BCUT2D eigenvalue weighted by molar-refractivity contribution is -0.144. The van der Waals surface area contributed by atoms with E-state index in [9.17, 15) is 29.4 Å². The van der Waals surface area contributed by atoms with Gasteiger partial charge in [0, 0.05) is 0 Å². The maximum absolute atomic E-state index is 12.4. The molecule has 0 saturated heterocycles. The van der Waals surface area contributed by atoms with Gasteiger partial charge >= 0.3 is 5.97 Å². The van der Waals surface area contributed by atoms with Crippen LogP contribution in [0.4, 0.5) is 0 Å². The van der Waals surface area contributed by atoms with Gasteiger partial charge in [0.1, 0.15) is 18.1 Å². The zero-order valence-corrected chi connectivity index (χ0v) is 17.5. The molecule has 0 fully saturated rings. The van der Waals surface area contributed by atoms with E-state index in [-0.39, 0.29) is 0 Å². The Balaban J connectivity index is 4.89. The molecule has 5 unspecified atom stereocenters. The average molecular weight is 418 g/mol. The molecule has 3 amide bonds. The highest BCUT2D eigenvalue weighted by atomic mass is 16.4. The molecule has 11 nitrogen and oxygen atoms in total. The van der Waals surface area contributed by atoms with Crippen molar-refractivity contribution in [3.05, 3.63) is 0 Å². The number of rotatable bonds is 13. The number of nitrogens with one attached hydrogen (secondary N) is 3. The average Bonchev–Trinajstić information content (AvgIpc) is 2.62. The van der Waals surface area contributed by atoms with Crippen LogP contribution in [0.3, 0.4) is 0 Å². The lowest BCUT2D eigenvalue weighted by Crippen LogP contribution is -2.59. The van der Waals surface area contributed by atoms with Crippen LogP contribution in [0.5, 0.6) is 0 Å². The Hall–Kier alpha value is -2.24. The molecule has 0 spiro atoms. The summed E-state index contributed by atoms with van der Waals surface area (Å²) in [6, 6.07) is -4.38. The molecule has 5 atom stereocenters. The zero-order valence-electron chi connectivity index (χ0n) is 17.5. The number of carbonyl (C=O) groups is 4. The molecule has 29 heavy (non-hydrogen) atoms. The minimum absolute atomic E-state index is 0.402. The Morgan fingerprint density at radius 1 is 0.862 bits per heavy atom. The molecule has 11 heteroatoms. The van der Waals surface area contributed by atoms with Gasteiger partial charge in [0.05, 0.1) is 12.1 Å². The number of aliphatic hydroxyl groups excluding tert-OH is 1. The highest BCUT2D eigenvalue weighted by molar-refractivity contribution is 5.94. The maximum Gasteiger partial charge on any atom is 0.326 e. The van der Waals surface area contributed by atoms with E-state index in [0.717, 1.165) is 6.42 Å². The number of hydrogen-bond donors (Lipinski definition) is 7. The molecule has 0 aliphatic heterocycles. The highest BCUT2D eigenvalue weighted by Crippen LogP contribution is 2.04. The molecule has 168 valence electrons. The molecule has 0 aromatic rings. The van der Waals surface area contributed by atoms with Crippen molar-refractivity contribution < 1.29 is 29.4 Å². The minimum atomic E-state index is -1.39. The Kier molecular flexibility index (Phi) is 12.1. The van der Waals surface area contributed by atoms with Crippen molar-refractivity contribution in [2.24, 2.45) is 17.4 Å². The summed E-state index contributed by atoms with van der Waals surface area (Å²) in [5.74, 6) is -3.71. The first kappa shape index (κ1) is 26.8. The molecule has 0 radical (unpaired) electrons. The van der Waals surface area contributed by atoms with E-state index in [0.29, 0.717) is 19.4 Å². The lowest BCUT2D eigenvalue weighted by Gasteiger charge is -2.26. The summed E-state index contributed by atoms with van der Waals surface area (Å²) >= 11 is 0. The van der Waals surface area contributed by atoms with Crippen molar-refractivity contribution in [3.8, 4) is 0 Å². The summed E-state index contributed by atoms with van der Waals surface area (Å²) < 4.78 is 0. The molecule has 9 N–H and O–H groups in total. The third-order valence-electron chi connectivity index (χ3n) is 4.35. The SMILES string of the molecule is CC(NC(=O)C(N)CCCCN)C(=O)NC(C(=O)NC(C(=O)O)C(C)C)C(C)O. The monoisotopic (exact) mass is 417 g/mol. The zero-order chi connectivity index (χ0) is 22.7. The van der Waals surface area contributed by atoms with Gasteiger partial charge < -0.3 is 37.6 Å². The van der Waals surface area contributed by atoms with E-state index < -0.39 is 59.9 Å². The largest absolute Gasteiger partial charge is 0.480 e. The number of unbranched alkanes of at least 4 members (excludes halogenated alkanes) is 1. The van der Waals surface area contributed by atoms with E-state index in [1.165, 1.54) is 13.8 Å². The van der Waals surface area contributed by atoms with E-state index in [1.54, 1.807) is 13.8 Å². The molecular formula is C18H35N5O6. The Labute approximate surface area is 171 Å². The van der Waals surface area contributed by atoms with E-state index >= 15 is 0 Å². The Morgan fingerprint density at radius 2 is 1.41 bits per heavy atom. The summed E-state index contributed by atoms with van der Waals surface area (Å²) in [4.78, 5) is 48.0. The minimum Gasteiger partial charge on any atom is -0.480 e. The maximum atomic E-state index is 12.4. The summed E-state index contributed by atoms with van der Waals surface area (Å²) in [5, 5.41) is 26.1. The fourth-order valence-corrected chi connectivity index (χ4v) is 2.47. The molecule has 0 aliphatic carbocycles. The number of nitrogens with two attached hydrogens (primary N) is 2. The van der Waals surface area contributed by atoms with Gasteiger partial charge in [-0.3, -0.25) is 14.4 Å². The summed E-state index contributed by atoms with van der Waals surface area (Å²) in [6.45, 7) is 6.42. The van der Waals surface area contributed by atoms with Crippen LogP contribution in [-0.2, 0) is 19.2 Å². The fourth-order valence-electron chi connectivity index (χ4n) is 2.47. The van der Waals surface area contributed by atoms with Gasteiger partial charge in [-0.15, -0.1) is 0 Å². The smallest absolute Gasteiger partial charge is 0.326 e. The molecular weight excluding hydrogens is 382 g/mol. The third kappa shape index (κ3) is 9.68. The quantitative estimate of drug-likeness (QED) is 0.168. The molecule has 0 aromatic carbocycles. The van der Waals surface area contributed by atoms with Gasteiger partial charge in [-0.25, -0.2) is 4.79 Å². The highest BCUT2D eigenvalue weighted by Gasteiger charge is 2.32. The summed E-state index contributed by atoms with van der Waals surface area (Å²) in [5.41, 5.74) is 11.2. The van der Waals surface area contributed by atoms with Crippen LogP contribution in [0.2, 0.25) is 0 Å². The van der Waals surface area contributed by atoms with Crippen LogP contribution in [-0.4, -0.2) is 70.7 Å². The standard InChI is InChI=1S/C18H35N5O6/c1-9(2)13(18(28)29)22-17(27)14(11(4)24)23-15(25)10(3)21-16(26)12(20)7-5-6-8-19/h9-14,24H,5-8,19-20H2,1-4H3,(H,21,26)(H,22,27)(H,23,25)(H,28,29). The van der Waals surface area contributed by atoms with E-state index in [4.69, 9.17) is 11.5 Å². The van der Waals surface area contributed by atoms with Crippen molar-refractivity contribution in [2.75, 3.05) is 6.54 Å². The molecule has 0 saturated carbocycles. The number of aliphatic carboxylic acids is 1. The topological polar surface area (TPSA) is 197 Å². The first-order valence-corrected chi connectivity index (χ1v) is 9.69. The first-order chi connectivity index (χ1) is 13.4. The van der Waals surface area contributed by atoms with Crippen LogP contribution in [0, 0.1) is 5.92 Å². The van der Waals surface area contributed by atoms with Crippen LogP contribution in [0.25, 0.3) is 0 Å². The number of amides is 3.